The van der Waals surface area contributed by atoms with Gasteiger partial charge in [-0.3, -0.25) is 14.9 Å². The predicted molar refractivity (Wildman–Crippen MR) is 106 cm³/mol. The van der Waals surface area contributed by atoms with E-state index in [0.717, 1.165) is 5.56 Å². The highest BCUT2D eigenvalue weighted by Crippen LogP contribution is 2.34. The summed E-state index contributed by atoms with van der Waals surface area (Å²) in [5.41, 5.74) is 1.37. The number of alkyl halides is 3. The maximum Gasteiger partial charge on any atom is 0.312 e. The normalized spacial score (nSPS) is 12.2. The van der Waals surface area contributed by atoms with Crippen LogP contribution >= 0.6 is 34.8 Å². The van der Waals surface area contributed by atoms with E-state index in [9.17, 15) is 14.9 Å². The van der Waals surface area contributed by atoms with Crippen LogP contribution in [0.5, 0.6) is 5.75 Å². The van der Waals surface area contributed by atoms with Crippen LogP contribution in [0.1, 0.15) is 15.9 Å². The number of methoxy groups -OCH3 is 1. The molecular formula is C17H16Cl3N3O4. The molecule has 2 aromatic carbocycles. The Bertz CT molecular complexity index is 838. The van der Waals surface area contributed by atoms with Crippen molar-refractivity contribution in [3.8, 4) is 5.75 Å². The number of carbonyl (C=O) groups excluding carboxylic acids is 1. The summed E-state index contributed by atoms with van der Waals surface area (Å²) in [7, 11) is 1.32. The minimum Gasteiger partial charge on any atom is -0.490 e. The first kappa shape index (κ1) is 21.1. The van der Waals surface area contributed by atoms with E-state index in [1.807, 2.05) is 6.92 Å². The van der Waals surface area contributed by atoms with Crippen LogP contribution in [-0.2, 0) is 0 Å². The SMILES string of the molecule is COc1ccc(NC(NC(=O)c2ccc(C)cc2)C(Cl)(Cl)Cl)cc1[N+](=O)[O-]. The molecule has 0 saturated carbocycles. The topological polar surface area (TPSA) is 93.5 Å². The number of nitrogens with one attached hydrogen (secondary N) is 2. The van der Waals surface area contributed by atoms with Crippen LogP contribution in [0.15, 0.2) is 42.5 Å². The number of amides is 1. The Morgan fingerprint density at radius 1 is 1.19 bits per heavy atom. The molecule has 10 heteroatoms. The third-order valence-corrected chi connectivity index (χ3v) is 4.26. The van der Waals surface area contributed by atoms with E-state index in [0.29, 0.717) is 5.56 Å². The quantitative estimate of drug-likeness (QED) is 0.304. The van der Waals surface area contributed by atoms with E-state index in [1.54, 1.807) is 24.3 Å². The van der Waals surface area contributed by atoms with Crippen molar-refractivity contribution in [2.45, 2.75) is 16.9 Å². The maximum absolute atomic E-state index is 12.4. The van der Waals surface area contributed by atoms with Gasteiger partial charge in [0.15, 0.2) is 5.75 Å². The van der Waals surface area contributed by atoms with Gasteiger partial charge in [0, 0.05) is 17.3 Å². The van der Waals surface area contributed by atoms with Gasteiger partial charge in [-0.2, -0.15) is 0 Å². The lowest BCUT2D eigenvalue weighted by Gasteiger charge is -2.27. The predicted octanol–water partition coefficient (Wildman–Crippen LogP) is 4.45. The van der Waals surface area contributed by atoms with Crippen molar-refractivity contribution < 1.29 is 14.5 Å². The zero-order valence-corrected chi connectivity index (χ0v) is 16.6. The van der Waals surface area contributed by atoms with E-state index in [2.05, 4.69) is 10.6 Å². The molecule has 0 saturated heterocycles. The van der Waals surface area contributed by atoms with E-state index in [4.69, 9.17) is 39.5 Å². The summed E-state index contributed by atoms with van der Waals surface area (Å²) in [6, 6.07) is 11.0. The van der Waals surface area contributed by atoms with Crippen molar-refractivity contribution in [1.29, 1.82) is 0 Å². The van der Waals surface area contributed by atoms with Gasteiger partial charge in [0.1, 0.15) is 6.17 Å². The summed E-state index contributed by atoms with van der Waals surface area (Å²) in [5.74, 6) is -0.387. The van der Waals surface area contributed by atoms with Crippen molar-refractivity contribution >= 4 is 52.1 Å². The molecule has 7 nitrogen and oxygen atoms in total. The number of carbonyl (C=O) groups is 1. The standard InChI is InChI=1S/C17H16Cl3N3O4/c1-10-3-5-11(6-4-10)15(24)22-16(17(18,19)20)21-12-7-8-14(27-2)13(9-12)23(25)26/h3-9,16,21H,1-2H3,(H,22,24). The first-order chi connectivity index (χ1) is 12.6. The van der Waals surface area contributed by atoms with Crippen molar-refractivity contribution in [3.63, 3.8) is 0 Å². The average molecular weight is 433 g/mol. The van der Waals surface area contributed by atoms with Crippen LogP contribution < -0.4 is 15.4 Å². The number of aryl methyl sites for hydroxylation is 1. The van der Waals surface area contributed by atoms with E-state index in [1.165, 1.54) is 25.3 Å². The largest absolute Gasteiger partial charge is 0.490 e. The highest BCUT2D eigenvalue weighted by Gasteiger charge is 2.34. The van der Waals surface area contributed by atoms with Gasteiger partial charge in [0.2, 0.25) is 3.79 Å². The zero-order chi connectivity index (χ0) is 20.2. The number of nitro groups is 1. The van der Waals surface area contributed by atoms with Gasteiger partial charge in [-0.1, -0.05) is 52.5 Å². The fourth-order valence-corrected chi connectivity index (χ4v) is 2.54. The molecule has 144 valence electrons. The van der Waals surface area contributed by atoms with Crippen LogP contribution in [0.25, 0.3) is 0 Å². The van der Waals surface area contributed by atoms with Crippen molar-refractivity contribution in [2.24, 2.45) is 0 Å². The van der Waals surface area contributed by atoms with Crippen LogP contribution in [0.3, 0.4) is 0 Å². The lowest BCUT2D eigenvalue weighted by atomic mass is 10.1. The minimum absolute atomic E-state index is 0.0830. The third-order valence-electron chi connectivity index (χ3n) is 3.60. The molecule has 27 heavy (non-hydrogen) atoms. The van der Waals surface area contributed by atoms with E-state index in [-0.39, 0.29) is 17.1 Å². The molecule has 0 aliphatic carbocycles. The second-order valence-electron chi connectivity index (χ2n) is 5.60. The molecule has 0 heterocycles. The number of benzene rings is 2. The highest BCUT2D eigenvalue weighted by molar-refractivity contribution is 6.68. The Kier molecular flexibility index (Phi) is 6.75. The van der Waals surface area contributed by atoms with Crippen LogP contribution in [0, 0.1) is 17.0 Å². The first-order valence-corrected chi connectivity index (χ1v) is 8.78. The number of anilines is 1. The maximum atomic E-state index is 12.4. The number of rotatable bonds is 6. The molecule has 0 fully saturated rings. The smallest absolute Gasteiger partial charge is 0.312 e. The van der Waals surface area contributed by atoms with Gasteiger partial charge < -0.3 is 15.4 Å². The third kappa shape index (κ3) is 5.63. The number of nitrogens with zero attached hydrogens (tertiary/aromatic N) is 1. The summed E-state index contributed by atoms with van der Waals surface area (Å²) in [4.78, 5) is 23.0. The molecule has 1 unspecified atom stereocenters. The molecule has 0 aliphatic heterocycles. The molecule has 0 aliphatic rings. The second-order valence-corrected chi connectivity index (χ2v) is 7.97. The van der Waals surface area contributed by atoms with Gasteiger partial charge in [-0.15, -0.1) is 0 Å². The second kappa shape index (κ2) is 8.65. The van der Waals surface area contributed by atoms with E-state index >= 15 is 0 Å². The van der Waals surface area contributed by atoms with E-state index < -0.39 is 20.8 Å². The summed E-state index contributed by atoms with van der Waals surface area (Å²) >= 11 is 17.9. The number of hydrogen-bond acceptors (Lipinski definition) is 5. The number of halogens is 3. The Hall–Kier alpha value is -2.22. The highest BCUT2D eigenvalue weighted by atomic mass is 35.6. The van der Waals surface area contributed by atoms with Crippen LogP contribution in [-0.4, -0.2) is 27.9 Å². The lowest BCUT2D eigenvalue weighted by molar-refractivity contribution is -0.385. The number of ether oxygens (including phenoxy) is 1. The molecule has 2 N–H and O–H groups in total. The molecule has 2 rings (SSSR count). The van der Waals surface area contributed by atoms with Gasteiger partial charge in [0.25, 0.3) is 5.91 Å². The summed E-state index contributed by atoms with van der Waals surface area (Å²) < 4.78 is 3.03. The molecule has 0 aromatic heterocycles. The van der Waals surface area contributed by atoms with Crippen molar-refractivity contribution in [2.75, 3.05) is 12.4 Å². The number of nitro benzene ring substituents is 1. The van der Waals surface area contributed by atoms with Gasteiger partial charge in [0.05, 0.1) is 12.0 Å². The van der Waals surface area contributed by atoms with Crippen LogP contribution in [0.4, 0.5) is 11.4 Å². The van der Waals surface area contributed by atoms with Gasteiger partial charge in [-0.05, 0) is 31.2 Å². The van der Waals surface area contributed by atoms with Gasteiger partial charge in [-0.25, -0.2) is 0 Å². The molecule has 1 amide bonds. The minimum atomic E-state index is -1.92. The molecule has 1 atom stereocenters. The molecule has 0 bridgehead atoms. The Labute approximate surface area is 170 Å². The van der Waals surface area contributed by atoms with Gasteiger partial charge >= 0.3 is 5.69 Å². The fourth-order valence-electron chi connectivity index (χ4n) is 2.21. The zero-order valence-electron chi connectivity index (χ0n) is 14.3. The van der Waals surface area contributed by atoms with Crippen molar-refractivity contribution in [1.82, 2.24) is 5.32 Å². The fraction of sp³-hybridized carbons (Fsp3) is 0.235. The Balaban J connectivity index is 2.25. The monoisotopic (exact) mass is 431 g/mol. The van der Waals surface area contributed by atoms with Crippen molar-refractivity contribution in [3.05, 3.63) is 63.7 Å². The summed E-state index contributed by atoms with van der Waals surface area (Å²) in [5, 5.41) is 16.5. The number of hydrogen-bond donors (Lipinski definition) is 2. The average Bonchev–Trinajstić information content (AvgIpc) is 2.60. The molecular weight excluding hydrogens is 417 g/mol. The van der Waals surface area contributed by atoms with Crippen LogP contribution in [0.2, 0.25) is 0 Å². The summed E-state index contributed by atoms with van der Waals surface area (Å²) in [6.07, 6.45) is -1.15. The molecule has 0 spiro atoms. The Morgan fingerprint density at radius 2 is 1.81 bits per heavy atom. The molecule has 0 radical (unpaired) electrons. The lowest BCUT2D eigenvalue weighted by Crippen LogP contribution is -2.49. The first-order valence-electron chi connectivity index (χ1n) is 7.65. The Morgan fingerprint density at radius 3 is 2.33 bits per heavy atom. The summed E-state index contributed by atoms with van der Waals surface area (Å²) in [6.45, 7) is 1.89. The molecule has 2 aromatic rings.